The molecule has 102 valence electrons. The molecule has 0 aliphatic rings. The third-order valence-corrected chi connectivity index (χ3v) is 3.48. The minimum Gasteiger partial charge on any atom is -0.496 e. The molecular formula is C15H25NO2. The Morgan fingerprint density at radius 2 is 1.94 bits per heavy atom. The van der Waals surface area contributed by atoms with Crippen molar-refractivity contribution < 1.29 is 9.84 Å². The number of aryl methyl sites for hydroxylation is 2. The van der Waals surface area contributed by atoms with E-state index in [1.54, 1.807) is 7.11 Å². The first-order chi connectivity index (χ1) is 8.62. The summed E-state index contributed by atoms with van der Waals surface area (Å²) in [6.45, 7) is 8.16. The van der Waals surface area contributed by atoms with Gasteiger partial charge < -0.3 is 15.2 Å². The highest BCUT2D eigenvalue weighted by Gasteiger charge is 2.07. The fourth-order valence-corrected chi connectivity index (χ4v) is 1.93. The van der Waals surface area contributed by atoms with E-state index in [2.05, 4.69) is 38.2 Å². The van der Waals surface area contributed by atoms with E-state index in [4.69, 9.17) is 9.84 Å². The maximum absolute atomic E-state index is 9.14. The van der Waals surface area contributed by atoms with Gasteiger partial charge in [-0.05, 0) is 43.4 Å². The van der Waals surface area contributed by atoms with Gasteiger partial charge >= 0.3 is 0 Å². The third kappa shape index (κ3) is 4.00. The van der Waals surface area contributed by atoms with Gasteiger partial charge in [0.15, 0.2) is 0 Å². The van der Waals surface area contributed by atoms with Crippen LogP contribution < -0.4 is 10.1 Å². The summed E-state index contributed by atoms with van der Waals surface area (Å²) in [7, 11) is 1.70. The molecule has 3 nitrogen and oxygen atoms in total. The fraction of sp³-hybridized carbons (Fsp3) is 0.600. The first kappa shape index (κ1) is 15.0. The summed E-state index contributed by atoms with van der Waals surface area (Å²) in [5.74, 6) is 1.27. The predicted molar refractivity (Wildman–Crippen MR) is 75.0 cm³/mol. The summed E-state index contributed by atoms with van der Waals surface area (Å²) in [6.07, 6.45) is 0.994. The number of benzene rings is 1. The van der Waals surface area contributed by atoms with Gasteiger partial charge in [0.2, 0.25) is 0 Å². The Hall–Kier alpha value is -1.06. The van der Waals surface area contributed by atoms with E-state index in [0.29, 0.717) is 5.92 Å². The maximum Gasteiger partial charge on any atom is 0.123 e. The van der Waals surface area contributed by atoms with Crippen LogP contribution in [-0.2, 0) is 6.54 Å². The molecule has 0 saturated carbocycles. The molecule has 1 atom stereocenters. The van der Waals surface area contributed by atoms with Crippen LogP contribution in [0.5, 0.6) is 5.75 Å². The van der Waals surface area contributed by atoms with Gasteiger partial charge in [-0.25, -0.2) is 0 Å². The Morgan fingerprint density at radius 3 is 2.50 bits per heavy atom. The number of aliphatic hydroxyl groups is 1. The minimum atomic E-state index is 0.244. The Labute approximate surface area is 110 Å². The Balaban J connectivity index is 2.63. The summed E-state index contributed by atoms with van der Waals surface area (Å²) in [4.78, 5) is 0. The summed E-state index contributed by atoms with van der Waals surface area (Å²) in [5.41, 5.74) is 3.70. The van der Waals surface area contributed by atoms with E-state index in [9.17, 15) is 0 Å². The Kier molecular flexibility index (Phi) is 6.16. The van der Waals surface area contributed by atoms with E-state index >= 15 is 0 Å². The van der Waals surface area contributed by atoms with Crippen LogP contribution in [0.4, 0.5) is 0 Å². The zero-order valence-corrected chi connectivity index (χ0v) is 11.9. The monoisotopic (exact) mass is 251 g/mol. The van der Waals surface area contributed by atoms with E-state index < -0.39 is 0 Å². The van der Waals surface area contributed by atoms with E-state index in [-0.39, 0.29) is 6.61 Å². The zero-order valence-electron chi connectivity index (χ0n) is 11.9. The first-order valence-electron chi connectivity index (χ1n) is 6.58. The van der Waals surface area contributed by atoms with Crippen LogP contribution in [0.15, 0.2) is 12.1 Å². The van der Waals surface area contributed by atoms with Gasteiger partial charge in [-0.3, -0.25) is 0 Å². The lowest BCUT2D eigenvalue weighted by atomic mass is 10.0. The fourth-order valence-electron chi connectivity index (χ4n) is 1.93. The van der Waals surface area contributed by atoms with Crippen LogP contribution in [0.3, 0.4) is 0 Å². The molecule has 0 bridgehead atoms. The molecule has 0 radical (unpaired) electrons. The number of rotatable bonds is 7. The molecule has 0 amide bonds. The highest BCUT2D eigenvalue weighted by Crippen LogP contribution is 2.22. The molecule has 1 rings (SSSR count). The van der Waals surface area contributed by atoms with Crippen molar-refractivity contribution in [2.24, 2.45) is 5.92 Å². The van der Waals surface area contributed by atoms with Gasteiger partial charge in [0.05, 0.1) is 7.11 Å². The van der Waals surface area contributed by atoms with E-state index in [1.165, 1.54) is 16.7 Å². The van der Waals surface area contributed by atoms with Gasteiger partial charge in [-0.1, -0.05) is 13.0 Å². The van der Waals surface area contributed by atoms with Gasteiger partial charge in [0, 0.05) is 25.3 Å². The van der Waals surface area contributed by atoms with Crippen molar-refractivity contribution in [3.63, 3.8) is 0 Å². The molecule has 1 aromatic rings. The van der Waals surface area contributed by atoms with Crippen molar-refractivity contribution in [3.8, 4) is 5.75 Å². The minimum absolute atomic E-state index is 0.244. The molecule has 0 aromatic heterocycles. The van der Waals surface area contributed by atoms with Crippen molar-refractivity contribution in [2.75, 3.05) is 20.3 Å². The second-order valence-electron chi connectivity index (χ2n) is 4.84. The van der Waals surface area contributed by atoms with Crippen LogP contribution in [0.25, 0.3) is 0 Å². The highest BCUT2D eigenvalue weighted by molar-refractivity contribution is 5.41. The molecule has 3 heteroatoms. The van der Waals surface area contributed by atoms with Gasteiger partial charge in [-0.2, -0.15) is 0 Å². The second kappa shape index (κ2) is 7.39. The predicted octanol–water partition coefficient (Wildman–Crippen LogP) is 2.42. The summed E-state index contributed by atoms with van der Waals surface area (Å²) < 4.78 is 5.40. The molecule has 18 heavy (non-hydrogen) atoms. The van der Waals surface area contributed by atoms with Crippen molar-refractivity contribution in [3.05, 3.63) is 28.8 Å². The molecule has 1 unspecified atom stereocenters. The number of ether oxygens (including phenoxy) is 1. The van der Waals surface area contributed by atoms with E-state index in [0.717, 1.165) is 25.3 Å². The van der Waals surface area contributed by atoms with Crippen LogP contribution in [0, 0.1) is 19.8 Å². The molecule has 0 aliphatic carbocycles. The number of methoxy groups -OCH3 is 1. The quantitative estimate of drug-likeness (QED) is 0.782. The molecule has 0 heterocycles. The van der Waals surface area contributed by atoms with Crippen molar-refractivity contribution in [1.82, 2.24) is 5.32 Å². The third-order valence-electron chi connectivity index (χ3n) is 3.48. The normalized spacial score (nSPS) is 12.5. The van der Waals surface area contributed by atoms with Crippen LogP contribution in [0.2, 0.25) is 0 Å². The summed E-state index contributed by atoms with van der Waals surface area (Å²) >= 11 is 0. The van der Waals surface area contributed by atoms with Crippen LogP contribution in [0.1, 0.15) is 30.0 Å². The average molecular weight is 251 g/mol. The van der Waals surface area contributed by atoms with Gasteiger partial charge in [0.25, 0.3) is 0 Å². The van der Waals surface area contributed by atoms with Crippen LogP contribution >= 0.6 is 0 Å². The molecule has 0 saturated heterocycles. The number of hydrogen-bond acceptors (Lipinski definition) is 3. The number of nitrogens with one attached hydrogen (secondary N) is 1. The zero-order chi connectivity index (χ0) is 13.5. The smallest absolute Gasteiger partial charge is 0.123 e. The average Bonchev–Trinajstić information content (AvgIpc) is 2.38. The van der Waals surface area contributed by atoms with E-state index in [1.807, 2.05) is 0 Å². The lowest BCUT2D eigenvalue weighted by molar-refractivity contribution is 0.218. The van der Waals surface area contributed by atoms with Gasteiger partial charge in [0.1, 0.15) is 5.75 Å². The van der Waals surface area contributed by atoms with Gasteiger partial charge in [-0.15, -0.1) is 0 Å². The standard InChI is InChI=1S/C15H25NO2/c1-5-13(10-17)8-16-9-14-6-11(2)12(3)7-15(14)18-4/h6-7,13,16-17H,5,8-10H2,1-4H3. The largest absolute Gasteiger partial charge is 0.496 e. The Bertz CT molecular complexity index is 373. The highest BCUT2D eigenvalue weighted by atomic mass is 16.5. The summed E-state index contributed by atoms with van der Waals surface area (Å²) in [5, 5.41) is 12.5. The topological polar surface area (TPSA) is 41.5 Å². The molecule has 1 aromatic carbocycles. The molecular weight excluding hydrogens is 226 g/mol. The maximum atomic E-state index is 9.14. The van der Waals surface area contributed by atoms with Crippen molar-refractivity contribution >= 4 is 0 Å². The Morgan fingerprint density at radius 1 is 1.28 bits per heavy atom. The summed E-state index contributed by atoms with van der Waals surface area (Å²) in [6, 6.07) is 4.25. The van der Waals surface area contributed by atoms with Crippen LogP contribution in [-0.4, -0.2) is 25.4 Å². The number of hydrogen-bond donors (Lipinski definition) is 2. The second-order valence-corrected chi connectivity index (χ2v) is 4.84. The molecule has 0 aliphatic heterocycles. The lowest BCUT2D eigenvalue weighted by Crippen LogP contribution is -2.24. The van der Waals surface area contributed by atoms with Crippen molar-refractivity contribution in [1.29, 1.82) is 0 Å². The SMILES string of the molecule is CCC(CO)CNCc1cc(C)c(C)cc1OC. The molecule has 0 spiro atoms. The first-order valence-corrected chi connectivity index (χ1v) is 6.58. The molecule has 2 N–H and O–H groups in total. The van der Waals surface area contributed by atoms with Crippen molar-refractivity contribution in [2.45, 2.75) is 33.7 Å². The lowest BCUT2D eigenvalue weighted by Gasteiger charge is -2.15. The molecule has 0 fully saturated rings. The number of aliphatic hydroxyl groups excluding tert-OH is 1.